The Bertz CT molecular complexity index is 4180. The first-order valence-electron chi connectivity index (χ1n) is 34.5. The van der Waals surface area contributed by atoms with Gasteiger partial charge in [0.05, 0.1) is 40.7 Å². The number of piperidine rings is 1. The first-order valence-corrected chi connectivity index (χ1v) is 36.8. The molecule has 18 nitrogen and oxygen atoms in total. The number of rotatable bonds is 17. The molecule has 5 aliphatic heterocycles. The van der Waals surface area contributed by atoms with Crippen LogP contribution in [0.3, 0.4) is 0 Å². The molecule has 0 radical (unpaired) electrons. The van der Waals surface area contributed by atoms with E-state index in [0.717, 1.165) is 51.9 Å². The van der Waals surface area contributed by atoms with E-state index in [9.17, 15) is 33.4 Å². The van der Waals surface area contributed by atoms with E-state index in [1.165, 1.54) is 47.5 Å². The number of phenols is 1. The van der Waals surface area contributed by atoms with Crippen molar-refractivity contribution in [3.05, 3.63) is 119 Å². The standard InChI is InChI=1S/C75H90F4N10O8Si/c1-42(2)63(71(93)88-39-53(91)34-60(88)70(92)81-46(9)47-16-18-48(19-17-47)65-58(77)14-13-15-59(65)78)61-35-62(84-97-61)87-40-75(41-87)25-27-85(28-26-75)29-30-95-72-82-68-56(69(83-72)86-37-50-21-22-51(38-86)89(50)73(94)96-74(10,11)12)36-80-67(66(68)79)55-33-52(90)32-49-20-23-57(76)54(64(49)55)24-31-98(43(3)4,44(5)6)45(7)8/h13-20,23,32-33,35-36,42-46,50-51,53,60,63,90-91H,21-22,25-30,34,37-41H2,1-12H3,(H,81,92)/t46-,50?,51?,53+,60-,63+/m0/s1. The van der Waals surface area contributed by atoms with Gasteiger partial charge in [-0.15, -0.1) is 5.54 Å². The number of aromatic hydroxyl groups is 1. The number of nitrogens with one attached hydrogen (secondary N) is 1. The van der Waals surface area contributed by atoms with Crippen molar-refractivity contribution >= 4 is 59.3 Å². The van der Waals surface area contributed by atoms with Crippen LogP contribution >= 0.6 is 0 Å². The topological polar surface area (TPSA) is 203 Å². The summed E-state index contributed by atoms with van der Waals surface area (Å²) in [6, 6.07) is 16.0. The Morgan fingerprint density at radius 3 is 2.12 bits per heavy atom. The number of fused-ring (bicyclic) bond motifs is 4. The maximum Gasteiger partial charge on any atom is 0.410 e. The van der Waals surface area contributed by atoms with Crippen molar-refractivity contribution in [2.45, 2.75) is 174 Å². The summed E-state index contributed by atoms with van der Waals surface area (Å²) in [4.78, 5) is 66.4. The Balaban J connectivity index is 0.727. The van der Waals surface area contributed by atoms with Crippen LogP contribution in [-0.4, -0.2) is 160 Å². The number of β-amino-alcohol motifs (C(OH)–C–C–N with tert-alkyl or cyclic N) is 1. The number of pyridine rings is 1. The fraction of sp³-hybridized carbons (Fsp3) is 0.507. The Morgan fingerprint density at radius 2 is 1.49 bits per heavy atom. The van der Waals surface area contributed by atoms with E-state index in [0.29, 0.717) is 64.3 Å². The summed E-state index contributed by atoms with van der Waals surface area (Å²) < 4.78 is 81.7. The van der Waals surface area contributed by atoms with Crippen molar-refractivity contribution in [3.63, 3.8) is 0 Å². The van der Waals surface area contributed by atoms with Crippen LogP contribution in [-0.2, 0) is 14.3 Å². The van der Waals surface area contributed by atoms with Crippen LogP contribution in [0.2, 0.25) is 16.6 Å². The van der Waals surface area contributed by atoms with Gasteiger partial charge in [-0.2, -0.15) is 9.97 Å². The number of likely N-dealkylation sites (tertiary alicyclic amines) is 2. The summed E-state index contributed by atoms with van der Waals surface area (Å²) in [6.07, 6.45) is 3.55. The van der Waals surface area contributed by atoms with Gasteiger partial charge in [0.1, 0.15) is 72.5 Å². The van der Waals surface area contributed by atoms with Crippen molar-refractivity contribution in [2.75, 3.05) is 68.8 Å². The van der Waals surface area contributed by atoms with Gasteiger partial charge in [0.15, 0.2) is 17.4 Å². The van der Waals surface area contributed by atoms with Crippen molar-refractivity contribution in [1.29, 1.82) is 0 Å². The third-order valence-corrected chi connectivity index (χ3v) is 27.5. The van der Waals surface area contributed by atoms with Gasteiger partial charge >= 0.3 is 12.1 Å². The van der Waals surface area contributed by atoms with Crippen LogP contribution in [0.4, 0.5) is 34.0 Å². The van der Waals surface area contributed by atoms with Gasteiger partial charge in [-0.3, -0.25) is 24.4 Å². The Kier molecular flexibility index (Phi) is 19.5. The number of anilines is 2. The van der Waals surface area contributed by atoms with Crippen molar-refractivity contribution in [3.8, 4) is 45.6 Å². The van der Waals surface area contributed by atoms with E-state index in [1.54, 1.807) is 43.3 Å². The molecule has 5 aliphatic rings. The molecule has 7 aromatic rings. The third kappa shape index (κ3) is 13.5. The molecular formula is C75H90F4N10O8Si. The number of hydrogen-bond donors (Lipinski definition) is 3. The van der Waals surface area contributed by atoms with Gasteiger partial charge in [-0.25, -0.2) is 22.4 Å². The second kappa shape index (κ2) is 27.4. The first-order chi connectivity index (χ1) is 46.5. The molecule has 23 heteroatoms. The highest BCUT2D eigenvalue weighted by molar-refractivity contribution is 6.90. The van der Waals surface area contributed by atoms with E-state index in [4.69, 9.17) is 28.9 Å². The van der Waals surface area contributed by atoms with Gasteiger partial charge in [0.2, 0.25) is 11.8 Å². The number of amides is 3. The summed E-state index contributed by atoms with van der Waals surface area (Å²) in [5.41, 5.74) is 4.72. The number of carbonyl (C=O) groups is 3. The van der Waals surface area contributed by atoms with Crippen molar-refractivity contribution < 1.29 is 56.2 Å². The summed E-state index contributed by atoms with van der Waals surface area (Å²) in [6.45, 7) is 28.7. The number of benzene rings is 4. The molecule has 1 spiro atoms. The molecule has 3 N–H and O–H groups in total. The number of piperazine rings is 1. The molecule has 3 aromatic heterocycles. The maximum atomic E-state index is 18.0. The van der Waals surface area contributed by atoms with E-state index >= 15 is 8.78 Å². The van der Waals surface area contributed by atoms with Gasteiger partial charge in [-0.1, -0.05) is 103 Å². The normalized spacial score (nSPS) is 20.2. The number of aliphatic hydroxyl groups excluding tert-OH is 1. The number of halogens is 4. The number of hydrogen-bond acceptors (Lipinski definition) is 15. The minimum Gasteiger partial charge on any atom is -0.508 e. The average molecular weight is 1360 g/mol. The Morgan fingerprint density at radius 1 is 0.827 bits per heavy atom. The predicted octanol–water partition coefficient (Wildman–Crippen LogP) is 13.5. The lowest BCUT2D eigenvalue weighted by Gasteiger charge is -2.54. The molecule has 12 rings (SSSR count). The number of nitrogens with zero attached hydrogens (tertiary/aromatic N) is 9. The van der Waals surface area contributed by atoms with Gasteiger partial charge in [-0.05, 0) is 136 Å². The lowest BCUT2D eigenvalue weighted by atomic mass is 9.72. The molecule has 6 atom stereocenters. The van der Waals surface area contributed by atoms with E-state index < -0.39 is 67.0 Å². The summed E-state index contributed by atoms with van der Waals surface area (Å²) in [5.74, 6) is -0.0591. The molecular weight excluding hydrogens is 1270 g/mol. The number of ether oxygens (including phenoxy) is 2. The number of phenolic OH excluding ortho intramolecular Hbond substituents is 1. The summed E-state index contributed by atoms with van der Waals surface area (Å²) in [7, 11) is -2.38. The third-order valence-electron chi connectivity index (χ3n) is 21.2. The zero-order valence-electron chi connectivity index (χ0n) is 58.1. The van der Waals surface area contributed by atoms with Crippen molar-refractivity contribution in [2.24, 2.45) is 11.3 Å². The average Bonchev–Trinajstić information content (AvgIpc) is 1.33. The summed E-state index contributed by atoms with van der Waals surface area (Å²) >= 11 is 0. The Labute approximate surface area is 571 Å². The van der Waals surface area contributed by atoms with Crippen LogP contribution in [0, 0.1) is 46.1 Å². The number of aromatic nitrogens is 4. The number of aliphatic hydroxyl groups is 1. The lowest BCUT2D eigenvalue weighted by molar-refractivity contribution is -0.141. The largest absolute Gasteiger partial charge is 0.508 e. The van der Waals surface area contributed by atoms with Crippen LogP contribution in [0.15, 0.2) is 83.5 Å². The minimum atomic E-state index is -2.38. The molecule has 0 aliphatic carbocycles. The molecule has 8 heterocycles. The fourth-order valence-electron chi connectivity index (χ4n) is 16.2. The molecule has 4 aromatic carbocycles. The van der Waals surface area contributed by atoms with Crippen LogP contribution < -0.4 is 19.9 Å². The summed E-state index contributed by atoms with van der Waals surface area (Å²) in [5, 5.41) is 30.6. The highest BCUT2D eigenvalue weighted by atomic mass is 28.3. The molecule has 3 amide bonds. The maximum absolute atomic E-state index is 18.0. The molecule has 520 valence electrons. The molecule has 2 unspecified atom stereocenters. The van der Waals surface area contributed by atoms with Gasteiger partial charge < -0.3 is 44.2 Å². The first kappa shape index (κ1) is 69.6. The molecule has 5 saturated heterocycles. The van der Waals surface area contributed by atoms with Gasteiger partial charge in [0, 0.05) is 74.3 Å². The highest BCUT2D eigenvalue weighted by Gasteiger charge is 2.49. The fourth-order valence-corrected chi connectivity index (χ4v) is 21.4. The molecule has 2 bridgehead atoms. The quantitative estimate of drug-likeness (QED) is 0.0441. The zero-order valence-corrected chi connectivity index (χ0v) is 59.1. The highest BCUT2D eigenvalue weighted by Crippen LogP contribution is 2.46. The van der Waals surface area contributed by atoms with Crippen LogP contribution in [0.5, 0.6) is 11.8 Å². The zero-order chi connectivity index (χ0) is 70.0. The van der Waals surface area contributed by atoms with Crippen LogP contribution in [0.25, 0.3) is 44.1 Å². The molecule has 0 saturated carbocycles. The van der Waals surface area contributed by atoms with Gasteiger partial charge in [0.25, 0.3) is 0 Å². The van der Waals surface area contributed by atoms with Crippen molar-refractivity contribution in [1.82, 2.24) is 40.1 Å². The van der Waals surface area contributed by atoms with E-state index in [2.05, 4.69) is 73.3 Å². The predicted molar refractivity (Wildman–Crippen MR) is 371 cm³/mol. The number of carbonyl (C=O) groups excluding carboxylic acids is 3. The van der Waals surface area contributed by atoms with E-state index in [1.807, 2.05) is 44.4 Å². The second-order valence-corrected chi connectivity index (χ2v) is 35.6. The van der Waals surface area contributed by atoms with E-state index in [-0.39, 0.29) is 111 Å². The monoisotopic (exact) mass is 1360 g/mol. The SMILES string of the molecule is CC(C)[C@@H](C(=O)N1C[C@H](O)C[C@H]1C(=O)N[C@@H](C)c1ccc(-c2c(F)cccc2F)cc1)c1cc(N2CC3(CCN(CCOc4nc(N5CC6CCC(C5)N6C(=O)OC(C)(C)C)c5cnc(-c6cc(O)cc7ccc(F)c(C#C[Si](C(C)C)(C(C)C)C(C)C)c67)c(F)c5n4)CC3)C2)no1. The second-order valence-electron chi connectivity index (χ2n) is 30.1. The lowest BCUT2D eigenvalue weighted by Crippen LogP contribution is -2.60. The molecule has 98 heavy (non-hydrogen) atoms. The minimum absolute atomic E-state index is 0.0159. The molecule has 5 fully saturated rings. The Hall–Kier alpha value is -8.33. The van der Waals surface area contributed by atoms with Crippen LogP contribution in [0.1, 0.15) is 144 Å². The smallest absolute Gasteiger partial charge is 0.410 e.